The monoisotopic (exact) mass is 438 g/mol. The average Bonchev–Trinajstić information content (AvgIpc) is 2.79. The molecule has 1 aromatic heterocycles. The number of benzene rings is 1. The highest BCUT2D eigenvalue weighted by Gasteiger charge is 2.20. The fourth-order valence-electron chi connectivity index (χ4n) is 1.58. The van der Waals surface area contributed by atoms with Crippen molar-refractivity contribution in [2.45, 2.75) is 18.0 Å². The highest BCUT2D eigenvalue weighted by molar-refractivity contribution is 9.11. The number of nitrogens with one attached hydrogen (secondary N) is 1. The van der Waals surface area contributed by atoms with Gasteiger partial charge in [-0.1, -0.05) is 28.1 Å². The number of nitrogens with two attached hydrogens (primary N) is 1. The van der Waals surface area contributed by atoms with E-state index in [0.29, 0.717) is 10.3 Å². The molecule has 0 saturated carbocycles. The van der Waals surface area contributed by atoms with Crippen molar-refractivity contribution in [1.29, 1.82) is 0 Å². The minimum absolute atomic E-state index is 0.234. The van der Waals surface area contributed by atoms with Crippen LogP contribution < -0.4 is 10.5 Å². The van der Waals surface area contributed by atoms with Crippen LogP contribution in [0.4, 0.5) is 0 Å². The van der Waals surface area contributed by atoms with Crippen LogP contribution in [0.5, 0.6) is 0 Å². The lowest BCUT2D eigenvalue weighted by Crippen LogP contribution is -2.23. The van der Waals surface area contributed by atoms with Gasteiger partial charge in [0.25, 0.3) is 0 Å². The highest BCUT2D eigenvalue weighted by Crippen LogP contribution is 2.31. The molecule has 1 aromatic carbocycles. The summed E-state index contributed by atoms with van der Waals surface area (Å²) in [6.07, 6.45) is 0. The predicted molar refractivity (Wildman–Crippen MR) is 88.1 cm³/mol. The average molecular weight is 440 g/mol. The number of halogens is 2. The van der Waals surface area contributed by atoms with E-state index in [2.05, 4.69) is 36.6 Å². The SMILES string of the molecule is NCc1cc(S(=O)(=O)NCc2cccc(Br)c2)c(Br)s1. The van der Waals surface area contributed by atoms with Gasteiger partial charge < -0.3 is 5.73 Å². The molecule has 8 heteroatoms. The summed E-state index contributed by atoms with van der Waals surface area (Å²) in [6, 6.07) is 9.08. The molecule has 0 aliphatic rings. The van der Waals surface area contributed by atoms with Gasteiger partial charge in [0.05, 0.1) is 3.79 Å². The summed E-state index contributed by atoms with van der Waals surface area (Å²) in [4.78, 5) is 1.05. The van der Waals surface area contributed by atoms with Gasteiger partial charge in [-0.25, -0.2) is 13.1 Å². The smallest absolute Gasteiger partial charge is 0.242 e. The molecule has 0 aliphatic heterocycles. The van der Waals surface area contributed by atoms with Crippen molar-refractivity contribution >= 4 is 53.2 Å². The molecule has 0 aliphatic carbocycles. The summed E-state index contributed by atoms with van der Waals surface area (Å²) < 4.78 is 28.6. The van der Waals surface area contributed by atoms with E-state index >= 15 is 0 Å². The zero-order valence-electron chi connectivity index (χ0n) is 10.3. The van der Waals surface area contributed by atoms with Gasteiger partial charge in [-0.15, -0.1) is 11.3 Å². The Morgan fingerprint density at radius 2 is 2.00 bits per heavy atom. The summed E-state index contributed by atoms with van der Waals surface area (Å²) >= 11 is 7.95. The molecule has 2 rings (SSSR count). The van der Waals surface area contributed by atoms with Gasteiger partial charge in [-0.2, -0.15) is 0 Å². The van der Waals surface area contributed by atoms with Crippen molar-refractivity contribution in [3.63, 3.8) is 0 Å². The Bertz CT molecular complexity index is 714. The molecule has 4 nitrogen and oxygen atoms in total. The Balaban J connectivity index is 2.17. The quantitative estimate of drug-likeness (QED) is 0.751. The minimum Gasteiger partial charge on any atom is -0.326 e. The third-order valence-corrected chi connectivity index (χ3v) is 6.72. The number of hydrogen-bond acceptors (Lipinski definition) is 4. The Morgan fingerprint density at radius 1 is 1.25 bits per heavy atom. The van der Waals surface area contributed by atoms with Crippen molar-refractivity contribution in [3.8, 4) is 0 Å². The van der Waals surface area contributed by atoms with E-state index < -0.39 is 10.0 Å². The van der Waals surface area contributed by atoms with Crippen LogP contribution in [0, 0.1) is 0 Å². The second-order valence-electron chi connectivity index (χ2n) is 4.01. The molecule has 0 fully saturated rings. The van der Waals surface area contributed by atoms with E-state index in [9.17, 15) is 8.42 Å². The molecule has 108 valence electrons. The number of thiophene rings is 1. The Morgan fingerprint density at radius 3 is 2.60 bits per heavy atom. The van der Waals surface area contributed by atoms with Crippen LogP contribution in [0.1, 0.15) is 10.4 Å². The summed E-state index contributed by atoms with van der Waals surface area (Å²) in [5, 5.41) is 0. The predicted octanol–water partition coefficient (Wildman–Crippen LogP) is 3.21. The Hall–Kier alpha value is -0.250. The standard InChI is InChI=1S/C12H12Br2N2O2S2/c13-9-3-1-2-8(4-9)7-16-20(17,18)11-5-10(6-15)19-12(11)14/h1-5,16H,6-7,15H2. The van der Waals surface area contributed by atoms with Crippen molar-refractivity contribution < 1.29 is 8.42 Å². The molecule has 0 unspecified atom stereocenters. The van der Waals surface area contributed by atoms with Crippen molar-refractivity contribution in [3.05, 3.63) is 49.0 Å². The van der Waals surface area contributed by atoms with Crippen molar-refractivity contribution in [2.24, 2.45) is 5.73 Å². The minimum atomic E-state index is -3.55. The van der Waals surface area contributed by atoms with Crippen molar-refractivity contribution in [2.75, 3.05) is 0 Å². The van der Waals surface area contributed by atoms with Crippen LogP contribution in [0.15, 0.2) is 43.5 Å². The first kappa shape index (κ1) is 16.1. The number of hydrogen-bond donors (Lipinski definition) is 2. The normalized spacial score (nSPS) is 11.8. The maximum absolute atomic E-state index is 12.3. The fourth-order valence-corrected chi connectivity index (χ4v) is 5.61. The third kappa shape index (κ3) is 3.90. The summed E-state index contributed by atoms with van der Waals surface area (Å²) in [7, 11) is -3.55. The molecule has 0 radical (unpaired) electrons. The molecule has 0 atom stereocenters. The van der Waals surface area contributed by atoms with E-state index in [-0.39, 0.29) is 11.4 Å². The summed E-state index contributed by atoms with van der Waals surface area (Å²) in [5.41, 5.74) is 6.41. The highest BCUT2D eigenvalue weighted by atomic mass is 79.9. The Labute approximate surface area is 138 Å². The molecule has 0 spiro atoms. The van der Waals surface area contributed by atoms with Gasteiger partial charge in [-0.05, 0) is 39.7 Å². The topological polar surface area (TPSA) is 72.2 Å². The van der Waals surface area contributed by atoms with Crippen LogP contribution in [-0.2, 0) is 23.1 Å². The lowest BCUT2D eigenvalue weighted by Gasteiger charge is -2.06. The number of sulfonamides is 1. The van der Waals surface area contributed by atoms with E-state index in [1.807, 2.05) is 24.3 Å². The van der Waals surface area contributed by atoms with Gasteiger partial charge in [0.15, 0.2) is 0 Å². The third-order valence-electron chi connectivity index (χ3n) is 2.55. The molecular formula is C12H12Br2N2O2S2. The van der Waals surface area contributed by atoms with Gasteiger partial charge in [-0.3, -0.25) is 0 Å². The largest absolute Gasteiger partial charge is 0.326 e. The molecule has 0 saturated heterocycles. The van der Waals surface area contributed by atoms with E-state index in [1.54, 1.807) is 6.07 Å². The second kappa shape index (κ2) is 6.67. The molecule has 0 bridgehead atoms. The van der Waals surface area contributed by atoms with Gasteiger partial charge in [0.1, 0.15) is 4.90 Å². The molecule has 3 N–H and O–H groups in total. The van der Waals surface area contributed by atoms with Crippen LogP contribution in [0.2, 0.25) is 0 Å². The first-order valence-corrected chi connectivity index (χ1v) is 9.53. The Kier molecular flexibility index (Phi) is 5.38. The van der Waals surface area contributed by atoms with Crippen LogP contribution >= 0.6 is 43.2 Å². The van der Waals surface area contributed by atoms with Gasteiger partial charge >= 0.3 is 0 Å². The zero-order chi connectivity index (χ0) is 14.8. The molecule has 2 aromatic rings. The summed E-state index contributed by atoms with van der Waals surface area (Å²) in [5.74, 6) is 0. The maximum Gasteiger partial charge on any atom is 0.242 e. The van der Waals surface area contributed by atoms with Gasteiger partial charge in [0, 0.05) is 22.4 Å². The molecule has 0 amide bonds. The molecule has 1 heterocycles. The van der Waals surface area contributed by atoms with Crippen molar-refractivity contribution in [1.82, 2.24) is 4.72 Å². The van der Waals surface area contributed by atoms with Crippen LogP contribution in [0.3, 0.4) is 0 Å². The van der Waals surface area contributed by atoms with E-state index in [1.165, 1.54) is 11.3 Å². The molecular weight excluding hydrogens is 428 g/mol. The van der Waals surface area contributed by atoms with Crippen LogP contribution in [0.25, 0.3) is 0 Å². The first-order chi connectivity index (χ1) is 9.42. The summed E-state index contributed by atoms with van der Waals surface area (Å²) in [6.45, 7) is 0.562. The van der Waals surface area contributed by atoms with E-state index in [4.69, 9.17) is 5.73 Å². The van der Waals surface area contributed by atoms with E-state index in [0.717, 1.165) is 14.9 Å². The lowest BCUT2D eigenvalue weighted by molar-refractivity contribution is 0.581. The fraction of sp³-hybridized carbons (Fsp3) is 0.167. The molecule has 20 heavy (non-hydrogen) atoms. The van der Waals surface area contributed by atoms with Crippen LogP contribution in [-0.4, -0.2) is 8.42 Å². The lowest BCUT2D eigenvalue weighted by atomic mass is 10.2. The van der Waals surface area contributed by atoms with Gasteiger partial charge in [0.2, 0.25) is 10.0 Å². The first-order valence-electron chi connectivity index (χ1n) is 5.65. The second-order valence-corrected chi connectivity index (χ2v) is 9.11. The number of rotatable bonds is 5. The zero-order valence-corrected chi connectivity index (χ0v) is 15.1. The maximum atomic E-state index is 12.3.